The van der Waals surface area contributed by atoms with Gasteiger partial charge in [-0.05, 0) is 49.4 Å². The lowest BCUT2D eigenvalue weighted by Crippen LogP contribution is -1.90. The molecule has 0 amide bonds. The Balaban J connectivity index is 3.13. The van der Waals surface area contributed by atoms with Gasteiger partial charge in [0.1, 0.15) is 4.60 Å². The normalized spacial score (nSPS) is 10.6. The third-order valence-electron chi connectivity index (χ3n) is 1.47. The van der Waals surface area contributed by atoms with E-state index in [-0.39, 0.29) is 0 Å². The van der Waals surface area contributed by atoms with Gasteiger partial charge in [0, 0.05) is 10.7 Å². The Morgan fingerprint density at radius 1 is 1.36 bits per heavy atom. The van der Waals surface area contributed by atoms with E-state index in [9.17, 15) is 0 Å². The molecule has 0 aliphatic heterocycles. The molecule has 0 aliphatic rings. The largest absolute Gasteiger partial charge is 0.248 e. The molecule has 0 atom stereocenters. The average molecular weight is 279 g/mol. The van der Waals surface area contributed by atoms with E-state index in [1.54, 1.807) is 0 Å². The van der Waals surface area contributed by atoms with E-state index in [2.05, 4.69) is 50.7 Å². The van der Waals surface area contributed by atoms with Gasteiger partial charge in [-0.15, -0.1) is 0 Å². The number of hydrogen-bond donors (Lipinski definition) is 0. The Kier molecular flexibility index (Phi) is 3.07. The van der Waals surface area contributed by atoms with Crippen molar-refractivity contribution in [3.63, 3.8) is 0 Å². The van der Waals surface area contributed by atoms with E-state index in [1.165, 1.54) is 5.56 Å². The second-order valence-corrected chi connectivity index (χ2v) is 4.35. The lowest BCUT2D eigenvalue weighted by Gasteiger charge is -2.07. The van der Waals surface area contributed by atoms with Crippen molar-refractivity contribution in [2.45, 2.75) is 19.8 Å². The summed E-state index contributed by atoms with van der Waals surface area (Å²) in [6.07, 6.45) is 1.82. The quantitative estimate of drug-likeness (QED) is 0.714. The van der Waals surface area contributed by atoms with Crippen LogP contribution in [0, 0.1) is 0 Å². The van der Waals surface area contributed by atoms with Crippen LogP contribution in [-0.4, -0.2) is 4.98 Å². The second kappa shape index (κ2) is 3.68. The van der Waals surface area contributed by atoms with Crippen molar-refractivity contribution < 1.29 is 0 Å². The van der Waals surface area contributed by atoms with Crippen LogP contribution >= 0.6 is 31.9 Å². The molecule has 0 aromatic carbocycles. The van der Waals surface area contributed by atoms with Crippen LogP contribution in [0.5, 0.6) is 0 Å². The molecule has 0 radical (unpaired) electrons. The van der Waals surface area contributed by atoms with Crippen LogP contribution < -0.4 is 0 Å². The van der Waals surface area contributed by atoms with Crippen LogP contribution in [0.1, 0.15) is 25.3 Å². The van der Waals surface area contributed by atoms with Gasteiger partial charge in [0.05, 0.1) is 0 Å². The minimum atomic E-state index is 0.531. The summed E-state index contributed by atoms with van der Waals surface area (Å²) in [4.78, 5) is 4.09. The molecule has 11 heavy (non-hydrogen) atoms. The number of pyridine rings is 1. The van der Waals surface area contributed by atoms with E-state index in [1.807, 2.05) is 12.3 Å². The van der Waals surface area contributed by atoms with Crippen LogP contribution in [0.4, 0.5) is 0 Å². The number of hydrogen-bond acceptors (Lipinski definition) is 1. The van der Waals surface area contributed by atoms with Gasteiger partial charge in [-0.25, -0.2) is 4.98 Å². The van der Waals surface area contributed by atoms with E-state index in [0.717, 1.165) is 9.08 Å². The highest BCUT2D eigenvalue weighted by molar-refractivity contribution is 9.11. The lowest BCUT2D eigenvalue weighted by molar-refractivity contribution is 0.854. The molecule has 0 saturated carbocycles. The molecule has 1 nitrogen and oxygen atoms in total. The van der Waals surface area contributed by atoms with Gasteiger partial charge in [-0.1, -0.05) is 13.8 Å². The summed E-state index contributed by atoms with van der Waals surface area (Å²) in [6, 6.07) is 2.04. The predicted octanol–water partition coefficient (Wildman–Crippen LogP) is 3.73. The Labute approximate surface area is 83.5 Å². The molecule has 1 rings (SSSR count). The second-order valence-electron chi connectivity index (χ2n) is 2.68. The molecule has 0 saturated heterocycles. The van der Waals surface area contributed by atoms with Crippen LogP contribution in [0.25, 0.3) is 0 Å². The molecule has 1 aromatic heterocycles. The molecular weight excluding hydrogens is 270 g/mol. The molecule has 0 aliphatic carbocycles. The zero-order chi connectivity index (χ0) is 8.43. The monoisotopic (exact) mass is 277 g/mol. The van der Waals surface area contributed by atoms with Crippen LogP contribution in [-0.2, 0) is 0 Å². The Hall–Kier alpha value is 0.110. The van der Waals surface area contributed by atoms with Crippen LogP contribution in [0.2, 0.25) is 0 Å². The van der Waals surface area contributed by atoms with E-state index in [0.29, 0.717) is 5.92 Å². The predicted molar refractivity (Wildman–Crippen MR) is 53.7 cm³/mol. The van der Waals surface area contributed by atoms with E-state index in [4.69, 9.17) is 0 Å². The zero-order valence-electron chi connectivity index (χ0n) is 6.44. The third-order valence-corrected chi connectivity index (χ3v) is 2.57. The molecule has 0 spiro atoms. The number of rotatable bonds is 1. The molecule has 0 bridgehead atoms. The molecular formula is C8H9Br2N. The Morgan fingerprint density at radius 2 is 2.00 bits per heavy atom. The molecule has 60 valence electrons. The summed E-state index contributed by atoms with van der Waals surface area (Å²) in [5.41, 5.74) is 1.28. The third kappa shape index (κ3) is 2.27. The summed E-state index contributed by atoms with van der Waals surface area (Å²) in [7, 11) is 0. The van der Waals surface area contributed by atoms with Gasteiger partial charge in [-0.3, -0.25) is 0 Å². The van der Waals surface area contributed by atoms with Gasteiger partial charge in [0.2, 0.25) is 0 Å². The molecule has 0 unspecified atom stereocenters. The maximum atomic E-state index is 4.09. The Morgan fingerprint density at radius 3 is 2.45 bits per heavy atom. The molecule has 0 N–H and O–H groups in total. The first kappa shape index (κ1) is 9.20. The van der Waals surface area contributed by atoms with Crippen molar-refractivity contribution in [2.24, 2.45) is 0 Å². The van der Waals surface area contributed by atoms with Gasteiger partial charge in [0.25, 0.3) is 0 Å². The standard InChI is InChI=1S/C8H9Br2N/c1-5(2)6-3-8(10)11-4-7(6)9/h3-5H,1-2H3. The topological polar surface area (TPSA) is 12.9 Å². The molecule has 0 fully saturated rings. The first-order valence-corrected chi connectivity index (χ1v) is 5.01. The van der Waals surface area contributed by atoms with Crippen molar-refractivity contribution in [1.82, 2.24) is 4.98 Å². The van der Waals surface area contributed by atoms with Crippen molar-refractivity contribution in [2.75, 3.05) is 0 Å². The average Bonchev–Trinajstić information content (AvgIpc) is 1.94. The number of halogens is 2. The van der Waals surface area contributed by atoms with Crippen molar-refractivity contribution >= 4 is 31.9 Å². The SMILES string of the molecule is CC(C)c1cc(Br)ncc1Br. The van der Waals surface area contributed by atoms with Crippen molar-refractivity contribution in [3.05, 3.63) is 26.9 Å². The lowest BCUT2D eigenvalue weighted by atomic mass is 10.1. The van der Waals surface area contributed by atoms with Gasteiger partial charge >= 0.3 is 0 Å². The van der Waals surface area contributed by atoms with Gasteiger partial charge in [0.15, 0.2) is 0 Å². The van der Waals surface area contributed by atoms with Crippen molar-refractivity contribution in [1.29, 1.82) is 0 Å². The summed E-state index contributed by atoms with van der Waals surface area (Å²) in [5.74, 6) is 0.531. The smallest absolute Gasteiger partial charge is 0.106 e. The highest BCUT2D eigenvalue weighted by Crippen LogP contribution is 2.25. The fourth-order valence-electron chi connectivity index (χ4n) is 0.870. The fraction of sp³-hybridized carbons (Fsp3) is 0.375. The van der Waals surface area contributed by atoms with Crippen LogP contribution in [0.3, 0.4) is 0 Å². The number of nitrogens with zero attached hydrogens (tertiary/aromatic N) is 1. The van der Waals surface area contributed by atoms with E-state index < -0.39 is 0 Å². The Bertz CT molecular complexity index is 258. The first-order chi connectivity index (χ1) is 5.11. The summed E-state index contributed by atoms with van der Waals surface area (Å²) >= 11 is 6.78. The minimum absolute atomic E-state index is 0.531. The maximum absolute atomic E-state index is 4.09. The number of aromatic nitrogens is 1. The zero-order valence-corrected chi connectivity index (χ0v) is 9.61. The van der Waals surface area contributed by atoms with Crippen molar-refractivity contribution in [3.8, 4) is 0 Å². The maximum Gasteiger partial charge on any atom is 0.106 e. The summed E-state index contributed by atoms with van der Waals surface area (Å²) in [5, 5.41) is 0. The summed E-state index contributed by atoms with van der Waals surface area (Å²) in [6.45, 7) is 4.32. The van der Waals surface area contributed by atoms with Gasteiger partial charge in [-0.2, -0.15) is 0 Å². The minimum Gasteiger partial charge on any atom is -0.248 e. The molecule has 3 heteroatoms. The fourth-order valence-corrected chi connectivity index (χ4v) is 1.89. The molecule has 1 heterocycles. The van der Waals surface area contributed by atoms with Crippen LogP contribution in [0.15, 0.2) is 21.3 Å². The highest BCUT2D eigenvalue weighted by atomic mass is 79.9. The molecule has 1 aromatic rings. The van der Waals surface area contributed by atoms with E-state index >= 15 is 0 Å². The first-order valence-electron chi connectivity index (χ1n) is 3.42. The van der Waals surface area contributed by atoms with Gasteiger partial charge < -0.3 is 0 Å². The highest BCUT2D eigenvalue weighted by Gasteiger charge is 2.04. The summed E-state index contributed by atoms with van der Waals surface area (Å²) < 4.78 is 1.97.